The average molecular weight is 536 g/mol. The largest absolute Gasteiger partial charge is 0.294 e. The van der Waals surface area contributed by atoms with Gasteiger partial charge >= 0.3 is 0 Å². The maximum Gasteiger partial charge on any atom is 0.150 e. The van der Waals surface area contributed by atoms with E-state index < -0.39 is 6.17 Å². The van der Waals surface area contributed by atoms with Crippen molar-refractivity contribution in [2.45, 2.75) is 6.17 Å². The molecule has 5 heteroatoms. The Hall–Kier alpha value is -4.87. The van der Waals surface area contributed by atoms with Crippen molar-refractivity contribution in [1.82, 2.24) is 14.5 Å². The van der Waals surface area contributed by atoms with Gasteiger partial charge in [-0.15, -0.1) is 11.3 Å². The minimum absolute atomic E-state index is 0.601. The van der Waals surface area contributed by atoms with Crippen LogP contribution < -0.4 is 0 Å². The molecule has 0 aliphatic carbocycles. The Kier molecular flexibility index (Phi) is 5.25. The second-order valence-corrected chi connectivity index (χ2v) is 11.0. The van der Waals surface area contributed by atoms with Crippen molar-refractivity contribution in [3.8, 4) is 16.9 Å². The Labute approximate surface area is 233 Å². The van der Waals surface area contributed by atoms with Crippen LogP contribution in [0.5, 0.6) is 0 Å². The third kappa shape index (κ3) is 3.55. The Morgan fingerprint density at radius 3 is 2.33 bits per heavy atom. The molecule has 0 radical (unpaired) electrons. The topological polar surface area (TPSA) is 30.7 Å². The van der Waals surface area contributed by atoms with Gasteiger partial charge in [-0.2, -0.15) is 0 Å². The zero-order valence-electron chi connectivity index (χ0n) is 21.3. The van der Waals surface area contributed by atoms with Crippen LogP contribution in [0.4, 0.5) is 4.39 Å². The second-order valence-electron chi connectivity index (χ2n) is 9.94. The van der Waals surface area contributed by atoms with Crippen LogP contribution in [-0.4, -0.2) is 14.5 Å². The molecule has 190 valence electrons. The van der Waals surface area contributed by atoms with Crippen molar-refractivity contribution in [2.75, 3.05) is 0 Å². The molecule has 4 heterocycles. The van der Waals surface area contributed by atoms with E-state index in [4.69, 9.17) is 4.98 Å². The van der Waals surface area contributed by atoms with Crippen LogP contribution in [0.3, 0.4) is 0 Å². The van der Waals surface area contributed by atoms with Crippen molar-refractivity contribution in [1.29, 1.82) is 0 Å². The molecule has 0 fully saturated rings. The van der Waals surface area contributed by atoms with Gasteiger partial charge in [-0.3, -0.25) is 9.55 Å². The van der Waals surface area contributed by atoms with Crippen LogP contribution in [0.2, 0.25) is 0 Å². The molecule has 1 atom stereocenters. The summed E-state index contributed by atoms with van der Waals surface area (Å²) < 4.78 is 20.8. The summed E-state index contributed by atoms with van der Waals surface area (Å²) in [7, 11) is 0. The number of thiophene rings is 1. The highest BCUT2D eigenvalue weighted by molar-refractivity contribution is 7.26. The van der Waals surface area contributed by atoms with Gasteiger partial charge in [0.15, 0.2) is 6.17 Å². The van der Waals surface area contributed by atoms with Gasteiger partial charge in [-0.1, -0.05) is 54.6 Å². The third-order valence-electron chi connectivity index (χ3n) is 7.59. The first-order valence-electron chi connectivity index (χ1n) is 13.2. The van der Waals surface area contributed by atoms with Crippen molar-refractivity contribution >= 4 is 53.4 Å². The number of rotatable bonds is 4. The Morgan fingerprint density at radius 1 is 0.625 bits per heavy atom. The molecule has 4 aromatic carbocycles. The van der Waals surface area contributed by atoms with Gasteiger partial charge in [0.25, 0.3) is 0 Å². The number of fused-ring (bicyclic) bond motifs is 7. The van der Waals surface area contributed by atoms with Gasteiger partial charge in [0.1, 0.15) is 5.65 Å². The van der Waals surface area contributed by atoms with Crippen LogP contribution >= 0.6 is 11.3 Å². The van der Waals surface area contributed by atoms with E-state index in [1.54, 1.807) is 6.20 Å². The number of alkyl halides is 1. The molecule has 0 bridgehead atoms. The summed E-state index contributed by atoms with van der Waals surface area (Å²) in [5.74, 6) is 0. The molecule has 0 saturated heterocycles. The van der Waals surface area contributed by atoms with Crippen molar-refractivity contribution < 1.29 is 4.39 Å². The standard InChI is InChI=1S/C35H22FN3S/c36-34(23-9-5-8-22(20-23)28-14-3-4-18-37-28)24-10-6-11-25(21-24)39-29-16-17-31-33(26-12-1-2-15-30(26)40-31)32(29)27-13-7-19-38-35(27)39/h1-21,34H. The quantitative estimate of drug-likeness (QED) is 0.225. The van der Waals surface area contributed by atoms with E-state index >= 15 is 4.39 Å². The molecule has 0 amide bonds. The lowest BCUT2D eigenvalue weighted by atomic mass is 9.99. The fraction of sp³-hybridized carbons (Fsp3) is 0.0286. The molecular formula is C35H22FN3S. The summed E-state index contributed by atoms with van der Waals surface area (Å²) in [6.07, 6.45) is 2.30. The monoisotopic (exact) mass is 535 g/mol. The molecule has 3 nitrogen and oxygen atoms in total. The van der Waals surface area contributed by atoms with Gasteiger partial charge < -0.3 is 0 Å². The van der Waals surface area contributed by atoms with Crippen LogP contribution in [0.15, 0.2) is 128 Å². The summed E-state index contributed by atoms with van der Waals surface area (Å²) >= 11 is 1.81. The summed E-state index contributed by atoms with van der Waals surface area (Å²) in [4.78, 5) is 9.24. The minimum atomic E-state index is -1.28. The summed E-state index contributed by atoms with van der Waals surface area (Å²) in [5.41, 5.74) is 5.75. The molecule has 0 aliphatic heterocycles. The van der Waals surface area contributed by atoms with Crippen LogP contribution in [-0.2, 0) is 0 Å². The smallest absolute Gasteiger partial charge is 0.150 e. The Bertz CT molecular complexity index is 2200. The zero-order valence-corrected chi connectivity index (χ0v) is 22.1. The van der Waals surface area contributed by atoms with E-state index in [9.17, 15) is 0 Å². The number of hydrogen-bond acceptors (Lipinski definition) is 3. The highest BCUT2D eigenvalue weighted by Crippen LogP contribution is 2.43. The lowest BCUT2D eigenvalue weighted by molar-refractivity contribution is 0.402. The number of benzene rings is 4. The van der Waals surface area contributed by atoms with E-state index in [1.165, 1.54) is 25.6 Å². The maximum atomic E-state index is 16.1. The molecule has 1 unspecified atom stereocenters. The first-order chi connectivity index (χ1) is 19.8. The van der Waals surface area contributed by atoms with Gasteiger partial charge in [-0.05, 0) is 71.8 Å². The summed E-state index contributed by atoms with van der Waals surface area (Å²) in [6.45, 7) is 0. The molecule has 4 aromatic heterocycles. The molecule has 8 aromatic rings. The molecule has 0 saturated carbocycles. The van der Waals surface area contributed by atoms with Gasteiger partial charge in [0, 0.05) is 54.6 Å². The highest BCUT2D eigenvalue weighted by Gasteiger charge is 2.20. The van der Waals surface area contributed by atoms with Crippen LogP contribution in [0, 0.1) is 0 Å². The van der Waals surface area contributed by atoms with E-state index in [0.717, 1.165) is 33.5 Å². The minimum Gasteiger partial charge on any atom is -0.294 e. The second kappa shape index (κ2) is 9.11. The van der Waals surface area contributed by atoms with Gasteiger partial charge in [-0.25, -0.2) is 9.37 Å². The molecular weight excluding hydrogens is 513 g/mol. The normalized spacial score (nSPS) is 12.5. The third-order valence-corrected chi connectivity index (χ3v) is 8.73. The van der Waals surface area contributed by atoms with E-state index in [-0.39, 0.29) is 0 Å². The van der Waals surface area contributed by atoms with E-state index in [2.05, 4.69) is 52.0 Å². The predicted octanol–water partition coefficient (Wildman–Crippen LogP) is 9.67. The lowest BCUT2D eigenvalue weighted by Gasteiger charge is -2.14. The van der Waals surface area contributed by atoms with Crippen molar-refractivity contribution in [3.63, 3.8) is 0 Å². The van der Waals surface area contributed by atoms with Gasteiger partial charge in [0.2, 0.25) is 0 Å². The fourth-order valence-corrected chi connectivity index (χ4v) is 6.93. The van der Waals surface area contributed by atoms with E-state index in [0.29, 0.717) is 11.1 Å². The average Bonchev–Trinajstić information content (AvgIpc) is 3.57. The number of aromatic nitrogens is 3. The first-order valence-corrected chi connectivity index (χ1v) is 14.0. The van der Waals surface area contributed by atoms with Crippen molar-refractivity contribution in [2.24, 2.45) is 0 Å². The van der Waals surface area contributed by atoms with Crippen LogP contribution in [0.25, 0.3) is 59.1 Å². The predicted molar refractivity (Wildman–Crippen MR) is 164 cm³/mol. The molecule has 8 rings (SSSR count). The lowest BCUT2D eigenvalue weighted by Crippen LogP contribution is -1.99. The first kappa shape index (κ1) is 23.1. The number of nitrogens with zero attached hydrogens (tertiary/aromatic N) is 3. The number of pyridine rings is 2. The number of hydrogen-bond donors (Lipinski definition) is 0. The summed E-state index contributed by atoms with van der Waals surface area (Å²) in [6, 6.07) is 38.2. The van der Waals surface area contributed by atoms with Gasteiger partial charge in [0.05, 0.1) is 11.2 Å². The molecule has 0 aliphatic rings. The fourth-order valence-electron chi connectivity index (χ4n) is 5.81. The molecule has 40 heavy (non-hydrogen) atoms. The Balaban J connectivity index is 1.31. The number of halogens is 1. The zero-order chi connectivity index (χ0) is 26.6. The summed E-state index contributed by atoms with van der Waals surface area (Å²) in [5, 5.41) is 4.78. The SMILES string of the molecule is FC(c1cccc(-c2ccccn2)c1)c1cccc(-n2c3ccc4sc5ccccc5c4c3c3cccnc32)c1. The maximum absolute atomic E-state index is 16.1. The molecule has 0 N–H and O–H groups in total. The van der Waals surface area contributed by atoms with E-state index in [1.807, 2.05) is 90.3 Å². The molecule has 0 spiro atoms. The Morgan fingerprint density at radius 2 is 1.43 bits per heavy atom. The van der Waals surface area contributed by atoms with Crippen LogP contribution in [0.1, 0.15) is 17.3 Å². The van der Waals surface area contributed by atoms with Crippen molar-refractivity contribution in [3.05, 3.63) is 139 Å². The highest BCUT2D eigenvalue weighted by atomic mass is 32.1.